The number of piperidine rings is 1. The van der Waals surface area contributed by atoms with Gasteiger partial charge in [-0.1, -0.05) is 30.3 Å². The summed E-state index contributed by atoms with van der Waals surface area (Å²) in [6.45, 7) is 5.72. The molecule has 1 fully saturated rings. The van der Waals surface area contributed by atoms with Crippen LogP contribution >= 0.6 is 0 Å². The number of hydrogen-bond donors (Lipinski definition) is 2. The second-order valence-corrected chi connectivity index (χ2v) is 5.74. The summed E-state index contributed by atoms with van der Waals surface area (Å²) >= 11 is 0. The van der Waals surface area contributed by atoms with E-state index in [4.69, 9.17) is 5.73 Å². The number of carbonyl (C=O) groups is 1. The molecule has 4 heteroatoms. The molecule has 3 N–H and O–H groups in total. The molecule has 110 valence electrons. The fraction of sp³-hybridized carbons (Fsp3) is 0.562. The van der Waals surface area contributed by atoms with E-state index in [9.17, 15) is 4.79 Å². The molecule has 0 aromatic heterocycles. The molecule has 1 aromatic carbocycles. The highest BCUT2D eigenvalue weighted by atomic mass is 16.2. The highest BCUT2D eigenvalue weighted by Crippen LogP contribution is 2.18. The predicted octanol–water partition coefficient (Wildman–Crippen LogP) is 1.36. The molecule has 2 rings (SSSR count). The second kappa shape index (κ2) is 7.41. The third-order valence-corrected chi connectivity index (χ3v) is 3.93. The molecular weight excluding hydrogens is 250 g/mol. The van der Waals surface area contributed by atoms with Gasteiger partial charge in [-0.05, 0) is 44.3 Å². The minimum Gasteiger partial charge on any atom is -0.354 e. The zero-order valence-corrected chi connectivity index (χ0v) is 12.2. The fourth-order valence-corrected chi connectivity index (χ4v) is 2.60. The number of hydrogen-bond acceptors (Lipinski definition) is 3. The van der Waals surface area contributed by atoms with Gasteiger partial charge in [0.2, 0.25) is 5.91 Å². The van der Waals surface area contributed by atoms with Crippen molar-refractivity contribution in [1.82, 2.24) is 10.2 Å². The monoisotopic (exact) mass is 275 g/mol. The van der Waals surface area contributed by atoms with Crippen molar-refractivity contribution in [2.45, 2.75) is 32.4 Å². The maximum absolute atomic E-state index is 11.4. The number of likely N-dealkylation sites (tertiary alicyclic amines) is 1. The van der Waals surface area contributed by atoms with Crippen molar-refractivity contribution >= 4 is 5.91 Å². The molecule has 4 nitrogen and oxygen atoms in total. The van der Waals surface area contributed by atoms with Crippen LogP contribution in [0.15, 0.2) is 30.3 Å². The van der Waals surface area contributed by atoms with Crippen LogP contribution in [0.4, 0.5) is 0 Å². The van der Waals surface area contributed by atoms with Gasteiger partial charge in [-0.2, -0.15) is 0 Å². The van der Waals surface area contributed by atoms with Gasteiger partial charge in [0.15, 0.2) is 0 Å². The van der Waals surface area contributed by atoms with Gasteiger partial charge in [-0.15, -0.1) is 0 Å². The first-order chi connectivity index (χ1) is 9.65. The number of nitrogens with one attached hydrogen (secondary N) is 1. The summed E-state index contributed by atoms with van der Waals surface area (Å²) in [5, 5.41) is 2.93. The molecule has 1 aliphatic rings. The molecule has 0 bridgehead atoms. The van der Waals surface area contributed by atoms with Gasteiger partial charge in [0.25, 0.3) is 0 Å². The van der Waals surface area contributed by atoms with Crippen LogP contribution in [0.25, 0.3) is 0 Å². The Hall–Kier alpha value is -1.39. The van der Waals surface area contributed by atoms with E-state index in [0.29, 0.717) is 5.92 Å². The normalized spacial score (nSPS) is 18.7. The fourth-order valence-electron chi connectivity index (χ4n) is 2.60. The first-order valence-corrected chi connectivity index (χ1v) is 7.44. The Balaban J connectivity index is 1.69. The van der Waals surface area contributed by atoms with Crippen LogP contribution in [-0.4, -0.2) is 36.5 Å². The van der Waals surface area contributed by atoms with Crippen molar-refractivity contribution in [2.24, 2.45) is 11.7 Å². The number of carbonyl (C=O) groups excluding carboxylic acids is 1. The van der Waals surface area contributed by atoms with Crippen LogP contribution in [0, 0.1) is 5.92 Å². The summed E-state index contributed by atoms with van der Waals surface area (Å²) in [7, 11) is 0. The Labute approximate surface area is 121 Å². The molecule has 1 aromatic rings. The molecule has 0 aliphatic carbocycles. The molecule has 1 aliphatic heterocycles. The van der Waals surface area contributed by atoms with Crippen molar-refractivity contribution in [2.75, 3.05) is 19.6 Å². The van der Waals surface area contributed by atoms with E-state index in [1.54, 1.807) is 6.92 Å². The molecule has 0 spiro atoms. The van der Waals surface area contributed by atoms with Crippen molar-refractivity contribution in [3.63, 3.8) is 0 Å². The summed E-state index contributed by atoms with van der Waals surface area (Å²) in [4.78, 5) is 13.9. The smallest absolute Gasteiger partial charge is 0.236 e. The SMILES string of the molecule is CC(N)C(=O)NCC1CCN(Cc2ccccc2)CC1. The van der Waals surface area contributed by atoms with Gasteiger partial charge in [0.05, 0.1) is 6.04 Å². The maximum atomic E-state index is 11.4. The molecule has 0 saturated carbocycles. The number of nitrogens with zero attached hydrogens (tertiary/aromatic N) is 1. The van der Waals surface area contributed by atoms with E-state index in [2.05, 4.69) is 40.5 Å². The maximum Gasteiger partial charge on any atom is 0.236 e. The Morgan fingerprint density at radius 3 is 2.60 bits per heavy atom. The average Bonchev–Trinajstić information content (AvgIpc) is 2.47. The average molecular weight is 275 g/mol. The molecule has 1 saturated heterocycles. The van der Waals surface area contributed by atoms with Gasteiger partial charge in [-0.3, -0.25) is 9.69 Å². The van der Waals surface area contributed by atoms with E-state index in [0.717, 1.165) is 39.0 Å². The molecule has 20 heavy (non-hydrogen) atoms. The van der Waals surface area contributed by atoms with E-state index in [1.807, 2.05) is 0 Å². The molecule has 1 unspecified atom stereocenters. The first kappa shape index (κ1) is 15.0. The van der Waals surface area contributed by atoms with Gasteiger partial charge in [-0.25, -0.2) is 0 Å². The molecule has 0 radical (unpaired) electrons. The summed E-state index contributed by atoms with van der Waals surface area (Å²) in [5.41, 5.74) is 6.91. The Morgan fingerprint density at radius 2 is 2.00 bits per heavy atom. The van der Waals surface area contributed by atoms with E-state index >= 15 is 0 Å². The molecular formula is C16H25N3O. The molecule has 1 heterocycles. The number of amides is 1. The highest BCUT2D eigenvalue weighted by Gasteiger charge is 2.20. The van der Waals surface area contributed by atoms with Gasteiger partial charge >= 0.3 is 0 Å². The van der Waals surface area contributed by atoms with Crippen molar-refractivity contribution in [3.05, 3.63) is 35.9 Å². The third-order valence-electron chi connectivity index (χ3n) is 3.93. The lowest BCUT2D eigenvalue weighted by molar-refractivity contribution is -0.122. The lowest BCUT2D eigenvalue weighted by Gasteiger charge is -2.32. The predicted molar refractivity (Wildman–Crippen MR) is 81.1 cm³/mol. The zero-order valence-electron chi connectivity index (χ0n) is 12.2. The second-order valence-electron chi connectivity index (χ2n) is 5.74. The number of benzene rings is 1. The topological polar surface area (TPSA) is 58.4 Å². The summed E-state index contributed by atoms with van der Waals surface area (Å²) in [5.74, 6) is 0.543. The molecule has 1 amide bonds. The van der Waals surface area contributed by atoms with Crippen LogP contribution in [-0.2, 0) is 11.3 Å². The minimum absolute atomic E-state index is 0.0447. The summed E-state index contributed by atoms with van der Waals surface area (Å²) in [6, 6.07) is 10.2. The standard InChI is InChI=1S/C16H25N3O/c1-13(17)16(20)18-11-14-7-9-19(10-8-14)12-15-5-3-2-4-6-15/h2-6,13-14H,7-12,17H2,1H3,(H,18,20). The first-order valence-electron chi connectivity index (χ1n) is 7.44. The van der Waals surface area contributed by atoms with E-state index in [1.165, 1.54) is 5.56 Å². The van der Waals surface area contributed by atoms with Crippen LogP contribution < -0.4 is 11.1 Å². The van der Waals surface area contributed by atoms with Gasteiger partial charge in [0.1, 0.15) is 0 Å². The van der Waals surface area contributed by atoms with Crippen molar-refractivity contribution in [1.29, 1.82) is 0 Å². The quantitative estimate of drug-likeness (QED) is 0.853. The lowest BCUT2D eigenvalue weighted by Crippen LogP contribution is -2.43. The Bertz CT molecular complexity index is 411. The minimum atomic E-state index is -0.409. The van der Waals surface area contributed by atoms with Gasteiger partial charge < -0.3 is 11.1 Å². The van der Waals surface area contributed by atoms with Crippen LogP contribution in [0.2, 0.25) is 0 Å². The van der Waals surface area contributed by atoms with Crippen molar-refractivity contribution < 1.29 is 4.79 Å². The molecule has 1 atom stereocenters. The van der Waals surface area contributed by atoms with Crippen LogP contribution in [0.1, 0.15) is 25.3 Å². The van der Waals surface area contributed by atoms with Gasteiger partial charge in [0, 0.05) is 13.1 Å². The Kier molecular flexibility index (Phi) is 5.56. The highest BCUT2D eigenvalue weighted by molar-refractivity contribution is 5.80. The van der Waals surface area contributed by atoms with E-state index in [-0.39, 0.29) is 5.91 Å². The summed E-state index contributed by atoms with van der Waals surface area (Å²) < 4.78 is 0. The Morgan fingerprint density at radius 1 is 1.35 bits per heavy atom. The number of rotatable bonds is 5. The van der Waals surface area contributed by atoms with Crippen molar-refractivity contribution in [3.8, 4) is 0 Å². The zero-order chi connectivity index (χ0) is 14.4. The lowest BCUT2D eigenvalue weighted by atomic mass is 9.96. The van der Waals surface area contributed by atoms with Crippen LogP contribution in [0.3, 0.4) is 0 Å². The summed E-state index contributed by atoms with van der Waals surface area (Å²) in [6.07, 6.45) is 2.29. The van der Waals surface area contributed by atoms with E-state index < -0.39 is 6.04 Å². The number of nitrogens with two attached hydrogens (primary N) is 1. The third kappa shape index (κ3) is 4.62. The van der Waals surface area contributed by atoms with Crippen LogP contribution in [0.5, 0.6) is 0 Å². The largest absolute Gasteiger partial charge is 0.354 e.